The Hall–Kier alpha value is -3.11. The summed E-state index contributed by atoms with van der Waals surface area (Å²) < 4.78 is 2.17. The van der Waals surface area contributed by atoms with Crippen LogP contribution in [0.3, 0.4) is 0 Å². The SMILES string of the molecule is CCn1c(C(O)(c2ccccc2)c2ccccc2)nc2ccc(N3CCCCC3)cc21. The third kappa shape index (κ3) is 3.41. The van der Waals surface area contributed by atoms with E-state index >= 15 is 0 Å². The monoisotopic (exact) mass is 411 g/mol. The van der Waals surface area contributed by atoms with Gasteiger partial charge in [-0.1, -0.05) is 60.7 Å². The summed E-state index contributed by atoms with van der Waals surface area (Å²) in [5, 5.41) is 12.3. The molecule has 0 unspecified atom stereocenters. The molecule has 0 bridgehead atoms. The van der Waals surface area contributed by atoms with Gasteiger partial charge in [-0.25, -0.2) is 4.98 Å². The van der Waals surface area contributed by atoms with Crippen molar-refractivity contribution in [2.24, 2.45) is 0 Å². The molecule has 4 aromatic rings. The molecule has 1 aliphatic rings. The molecule has 0 atom stereocenters. The lowest BCUT2D eigenvalue weighted by molar-refractivity contribution is 0.112. The largest absolute Gasteiger partial charge is 0.373 e. The van der Waals surface area contributed by atoms with Crippen LogP contribution >= 0.6 is 0 Å². The average Bonchev–Trinajstić information content (AvgIpc) is 3.23. The van der Waals surface area contributed by atoms with Gasteiger partial charge >= 0.3 is 0 Å². The zero-order chi connectivity index (χ0) is 21.3. The van der Waals surface area contributed by atoms with Crippen molar-refractivity contribution in [1.82, 2.24) is 9.55 Å². The van der Waals surface area contributed by atoms with Gasteiger partial charge in [-0.15, -0.1) is 0 Å². The van der Waals surface area contributed by atoms with Crippen LogP contribution in [0.2, 0.25) is 0 Å². The number of benzene rings is 3. The first kappa shape index (κ1) is 19.8. The van der Waals surface area contributed by atoms with Gasteiger partial charge in [0, 0.05) is 25.3 Å². The smallest absolute Gasteiger partial charge is 0.173 e. The van der Waals surface area contributed by atoms with Crippen LogP contribution in [0.15, 0.2) is 78.9 Å². The lowest BCUT2D eigenvalue weighted by atomic mass is 9.85. The van der Waals surface area contributed by atoms with Crippen LogP contribution in [0, 0.1) is 0 Å². The van der Waals surface area contributed by atoms with Crippen LogP contribution in [-0.2, 0) is 12.1 Å². The maximum atomic E-state index is 12.3. The minimum Gasteiger partial charge on any atom is -0.373 e. The van der Waals surface area contributed by atoms with Crippen LogP contribution in [0.5, 0.6) is 0 Å². The van der Waals surface area contributed by atoms with Gasteiger partial charge in [0.25, 0.3) is 0 Å². The fourth-order valence-electron chi connectivity index (χ4n) is 4.84. The first-order chi connectivity index (χ1) is 15.2. The van der Waals surface area contributed by atoms with E-state index in [9.17, 15) is 5.11 Å². The molecule has 1 saturated heterocycles. The molecule has 1 aromatic heterocycles. The Morgan fingerprint density at radius 3 is 2.03 bits per heavy atom. The predicted octanol–water partition coefficient (Wildman–Crippen LogP) is 5.33. The fraction of sp³-hybridized carbons (Fsp3) is 0.296. The van der Waals surface area contributed by atoms with E-state index in [4.69, 9.17) is 4.98 Å². The molecule has 2 heterocycles. The Bertz CT molecular complexity index is 1120. The Morgan fingerprint density at radius 1 is 0.839 bits per heavy atom. The van der Waals surface area contributed by atoms with Crippen LogP contribution in [-0.4, -0.2) is 27.7 Å². The van der Waals surface area contributed by atoms with Gasteiger partial charge in [0.1, 0.15) is 0 Å². The van der Waals surface area contributed by atoms with Crippen LogP contribution < -0.4 is 4.90 Å². The number of imidazole rings is 1. The number of aliphatic hydroxyl groups is 1. The molecule has 158 valence electrons. The normalized spacial score (nSPS) is 14.8. The number of piperidine rings is 1. The second-order valence-electron chi connectivity index (χ2n) is 8.34. The second-order valence-corrected chi connectivity index (χ2v) is 8.34. The van der Waals surface area contributed by atoms with Crippen molar-refractivity contribution in [2.75, 3.05) is 18.0 Å². The van der Waals surface area contributed by atoms with E-state index in [2.05, 4.69) is 34.6 Å². The topological polar surface area (TPSA) is 41.3 Å². The van der Waals surface area contributed by atoms with Gasteiger partial charge in [-0.2, -0.15) is 0 Å². The summed E-state index contributed by atoms with van der Waals surface area (Å²) in [4.78, 5) is 7.46. The molecule has 3 aromatic carbocycles. The van der Waals surface area contributed by atoms with E-state index < -0.39 is 5.60 Å². The zero-order valence-electron chi connectivity index (χ0n) is 18.0. The summed E-state index contributed by atoms with van der Waals surface area (Å²) in [6, 6.07) is 26.3. The van der Waals surface area contributed by atoms with Crippen LogP contribution in [0.25, 0.3) is 11.0 Å². The first-order valence-electron chi connectivity index (χ1n) is 11.3. The summed E-state index contributed by atoms with van der Waals surface area (Å²) in [6.07, 6.45) is 3.81. The molecule has 4 heteroatoms. The molecular weight excluding hydrogens is 382 g/mol. The van der Waals surface area contributed by atoms with E-state index in [0.29, 0.717) is 5.82 Å². The molecule has 4 nitrogen and oxygen atoms in total. The van der Waals surface area contributed by atoms with Gasteiger partial charge in [0.2, 0.25) is 0 Å². The number of anilines is 1. The molecular formula is C27H29N3O. The highest BCUT2D eigenvalue weighted by atomic mass is 16.3. The van der Waals surface area contributed by atoms with E-state index in [1.54, 1.807) is 0 Å². The number of fused-ring (bicyclic) bond motifs is 1. The molecule has 0 aliphatic carbocycles. The van der Waals surface area contributed by atoms with Crippen molar-refractivity contribution >= 4 is 16.7 Å². The number of nitrogens with zero attached hydrogens (tertiary/aromatic N) is 3. The fourth-order valence-corrected chi connectivity index (χ4v) is 4.84. The van der Waals surface area contributed by atoms with Gasteiger partial charge in [0.15, 0.2) is 11.4 Å². The summed E-state index contributed by atoms with van der Waals surface area (Å²) in [7, 11) is 0. The van der Waals surface area contributed by atoms with E-state index in [-0.39, 0.29) is 0 Å². The Balaban J connectivity index is 1.71. The highest BCUT2D eigenvalue weighted by Gasteiger charge is 2.38. The second kappa shape index (κ2) is 8.20. The first-order valence-corrected chi connectivity index (χ1v) is 11.3. The minimum atomic E-state index is -1.33. The van der Waals surface area contributed by atoms with E-state index in [1.165, 1.54) is 24.9 Å². The average molecular weight is 412 g/mol. The van der Waals surface area contributed by atoms with Crippen molar-refractivity contribution in [3.63, 3.8) is 0 Å². The van der Waals surface area contributed by atoms with Gasteiger partial charge in [-0.05, 0) is 55.5 Å². The van der Waals surface area contributed by atoms with Crippen molar-refractivity contribution in [3.8, 4) is 0 Å². The van der Waals surface area contributed by atoms with Crippen molar-refractivity contribution < 1.29 is 5.11 Å². The van der Waals surface area contributed by atoms with Crippen LogP contribution in [0.1, 0.15) is 43.1 Å². The summed E-state index contributed by atoms with van der Waals surface area (Å²) >= 11 is 0. The van der Waals surface area contributed by atoms with Crippen LogP contribution in [0.4, 0.5) is 5.69 Å². The Kier molecular flexibility index (Phi) is 5.24. The molecule has 31 heavy (non-hydrogen) atoms. The Labute approximate surface area is 183 Å². The van der Waals surface area contributed by atoms with E-state index in [0.717, 1.165) is 41.8 Å². The highest BCUT2D eigenvalue weighted by molar-refractivity contribution is 5.81. The summed E-state index contributed by atoms with van der Waals surface area (Å²) in [5.41, 5.74) is 3.55. The van der Waals surface area contributed by atoms with Crippen molar-refractivity contribution in [1.29, 1.82) is 0 Å². The number of aryl methyl sites for hydroxylation is 1. The standard InChI is InChI=1S/C27H29N3O/c1-2-30-25-20-23(29-18-10-5-11-19-29)16-17-24(25)28-26(30)27(31,21-12-6-3-7-13-21)22-14-8-4-9-15-22/h3-4,6-9,12-17,20,31H,2,5,10-11,18-19H2,1H3. The van der Waals surface area contributed by atoms with Crippen molar-refractivity contribution in [3.05, 3.63) is 95.8 Å². The third-order valence-corrected chi connectivity index (χ3v) is 6.48. The van der Waals surface area contributed by atoms with Gasteiger partial charge < -0.3 is 14.6 Å². The Morgan fingerprint density at radius 2 is 1.45 bits per heavy atom. The van der Waals surface area contributed by atoms with Gasteiger partial charge in [0.05, 0.1) is 11.0 Å². The quantitative estimate of drug-likeness (QED) is 0.483. The predicted molar refractivity (Wildman–Crippen MR) is 126 cm³/mol. The zero-order valence-corrected chi connectivity index (χ0v) is 18.0. The van der Waals surface area contributed by atoms with Gasteiger partial charge in [-0.3, -0.25) is 0 Å². The molecule has 1 fully saturated rings. The minimum absolute atomic E-state index is 0.665. The lowest BCUT2D eigenvalue weighted by Crippen LogP contribution is -2.32. The summed E-state index contributed by atoms with van der Waals surface area (Å²) in [6.45, 7) is 5.07. The van der Waals surface area contributed by atoms with E-state index in [1.807, 2.05) is 60.7 Å². The maximum Gasteiger partial charge on any atom is 0.173 e. The highest BCUT2D eigenvalue weighted by Crippen LogP contribution is 2.38. The number of hydrogen-bond donors (Lipinski definition) is 1. The molecule has 0 saturated carbocycles. The number of aromatic nitrogens is 2. The number of rotatable bonds is 5. The molecule has 0 radical (unpaired) electrons. The molecule has 1 aliphatic heterocycles. The number of hydrogen-bond acceptors (Lipinski definition) is 3. The third-order valence-electron chi connectivity index (χ3n) is 6.48. The maximum absolute atomic E-state index is 12.3. The molecule has 5 rings (SSSR count). The lowest BCUT2D eigenvalue weighted by Gasteiger charge is -2.30. The summed E-state index contributed by atoms with van der Waals surface area (Å²) in [5.74, 6) is 0.665. The van der Waals surface area contributed by atoms with Crippen molar-refractivity contribution in [2.45, 2.75) is 38.3 Å². The molecule has 0 amide bonds. The molecule has 0 spiro atoms. The molecule has 1 N–H and O–H groups in total.